The number of rotatable bonds is 3. The molecule has 1 fully saturated rings. The van der Waals surface area contributed by atoms with Crippen LogP contribution in [-0.2, 0) is 4.79 Å². The van der Waals surface area contributed by atoms with E-state index in [9.17, 15) is 9.59 Å². The summed E-state index contributed by atoms with van der Waals surface area (Å²) in [6.45, 7) is 0.712. The molecule has 6 nitrogen and oxygen atoms in total. The van der Waals surface area contributed by atoms with Crippen molar-refractivity contribution in [1.29, 1.82) is 0 Å². The van der Waals surface area contributed by atoms with Crippen LogP contribution in [0.5, 0.6) is 11.5 Å². The smallest absolute Gasteiger partial charge is 0.254 e. The normalized spacial score (nSPS) is 20.0. The number of nitrogens with two attached hydrogens (primary N) is 1. The first-order chi connectivity index (χ1) is 10.6. The van der Waals surface area contributed by atoms with Gasteiger partial charge < -0.3 is 20.1 Å². The summed E-state index contributed by atoms with van der Waals surface area (Å²) >= 11 is 6.13. The number of piperidine rings is 1. The lowest BCUT2D eigenvalue weighted by atomic mass is 9.98. The molecule has 0 spiro atoms. The van der Waals surface area contributed by atoms with Crippen LogP contribution in [-0.4, -0.2) is 36.1 Å². The fourth-order valence-corrected chi connectivity index (χ4v) is 3.23. The maximum absolute atomic E-state index is 12.8. The molecule has 1 aromatic rings. The summed E-state index contributed by atoms with van der Waals surface area (Å²) in [7, 11) is 0. The summed E-state index contributed by atoms with van der Waals surface area (Å²) in [6.07, 6.45) is 2.87. The van der Waals surface area contributed by atoms with E-state index in [1.807, 2.05) is 0 Å². The number of ether oxygens (including phenoxy) is 2. The molecule has 0 saturated carbocycles. The van der Waals surface area contributed by atoms with Crippen molar-refractivity contribution < 1.29 is 19.1 Å². The van der Waals surface area contributed by atoms with Gasteiger partial charge in [-0.2, -0.15) is 0 Å². The Morgan fingerprint density at radius 3 is 2.91 bits per heavy atom. The van der Waals surface area contributed by atoms with E-state index in [1.54, 1.807) is 17.0 Å². The van der Waals surface area contributed by atoms with E-state index in [0.717, 1.165) is 19.3 Å². The molecular weight excluding hydrogens is 308 g/mol. The van der Waals surface area contributed by atoms with E-state index in [0.29, 0.717) is 28.6 Å². The van der Waals surface area contributed by atoms with Crippen LogP contribution in [0.2, 0.25) is 5.02 Å². The largest absolute Gasteiger partial charge is 0.454 e. The fraction of sp³-hybridized carbons (Fsp3) is 0.467. The second kappa shape index (κ2) is 6.04. The number of likely N-dealkylation sites (tertiary alicyclic amines) is 1. The van der Waals surface area contributed by atoms with Gasteiger partial charge in [-0.1, -0.05) is 11.6 Å². The molecule has 2 heterocycles. The molecule has 1 saturated heterocycles. The number of primary amides is 1. The lowest BCUT2D eigenvalue weighted by molar-refractivity contribution is -0.119. The third-order valence-electron chi connectivity index (χ3n) is 4.00. The Bertz CT molecular complexity index is 620. The SMILES string of the molecule is NC(=O)CC1CCCCN1C(=O)c1cc(Cl)c2c(c1)OCO2. The Morgan fingerprint density at radius 2 is 2.14 bits per heavy atom. The van der Waals surface area contributed by atoms with Crippen molar-refractivity contribution in [3.8, 4) is 11.5 Å². The van der Waals surface area contributed by atoms with Gasteiger partial charge in [0.05, 0.1) is 5.02 Å². The van der Waals surface area contributed by atoms with Gasteiger partial charge in [-0.3, -0.25) is 9.59 Å². The van der Waals surface area contributed by atoms with Gasteiger partial charge >= 0.3 is 0 Å². The predicted octanol–water partition coefficient (Wildman–Crippen LogP) is 1.94. The fourth-order valence-electron chi connectivity index (χ4n) is 2.97. The van der Waals surface area contributed by atoms with Gasteiger partial charge in [0.15, 0.2) is 11.5 Å². The third kappa shape index (κ3) is 2.83. The van der Waals surface area contributed by atoms with Crippen LogP contribution in [0.4, 0.5) is 0 Å². The van der Waals surface area contributed by atoms with Gasteiger partial charge in [-0.05, 0) is 31.4 Å². The van der Waals surface area contributed by atoms with Crippen LogP contribution < -0.4 is 15.2 Å². The third-order valence-corrected chi connectivity index (χ3v) is 4.28. The maximum Gasteiger partial charge on any atom is 0.254 e. The number of halogens is 1. The molecule has 2 amide bonds. The van der Waals surface area contributed by atoms with Crippen molar-refractivity contribution in [2.24, 2.45) is 5.73 Å². The van der Waals surface area contributed by atoms with Crippen LogP contribution in [0.1, 0.15) is 36.0 Å². The minimum absolute atomic E-state index is 0.0979. The lowest BCUT2D eigenvalue weighted by Gasteiger charge is -2.35. The summed E-state index contributed by atoms with van der Waals surface area (Å²) < 4.78 is 10.5. The van der Waals surface area contributed by atoms with Crippen LogP contribution in [0.3, 0.4) is 0 Å². The molecule has 22 heavy (non-hydrogen) atoms. The zero-order valence-corrected chi connectivity index (χ0v) is 12.8. The minimum atomic E-state index is -0.395. The van der Waals surface area contributed by atoms with Gasteiger partial charge in [-0.15, -0.1) is 0 Å². The van der Waals surface area contributed by atoms with Gasteiger partial charge in [-0.25, -0.2) is 0 Å². The van der Waals surface area contributed by atoms with Crippen molar-refractivity contribution in [2.45, 2.75) is 31.7 Å². The van der Waals surface area contributed by atoms with E-state index in [-0.39, 0.29) is 25.2 Å². The highest BCUT2D eigenvalue weighted by atomic mass is 35.5. The molecule has 118 valence electrons. The summed E-state index contributed by atoms with van der Waals surface area (Å²) in [4.78, 5) is 25.7. The van der Waals surface area contributed by atoms with Crippen LogP contribution in [0.25, 0.3) is 0 Å². The average Bonchev–Trinajstić information content (AvgIpc) is 2.95. The first kappa shape index (κ1) is 15.0. The number of carbonyl (C=O) groups excluding carboxylic acids is 2. The van der Waals surface area contributed by atoms with E-state index < -0.39 is 5.91 Å². The molecule has 2 N–H and O–H groups in total. The molecule has 2 aliphatic rings. The van der Waals surface area contributed by atoms with Gasteiger partial charge in [0, 0.05) is 24.6 Å². The van der Waals surface area contributed by atoms with Crippen molar-refractivity contribution in [3.63, 3.8) is 0 Å². The highest BCUT2D eigenvalue weighted by molar-refractivity contribution is 6.32. The highest BCUT2D eigenvalue weighted by Crippen LogP contribution is 2.40. The number of fused-ring (bicyclic) bond motifs is 1. The molecule has 0 radical (unpaired) electrons. The molecule has 0 aliphatic carbocycles. The maximum atomic E-state index is 12.8. The first-order valence-corrected chi connectivity index (χ1v) is 7.62. The number of benzene rings is 1. The molecule has 2 aliphatic heterocycles. The minimum Gasteiger partial charge on any atom is -0.454 e. The molecule has 0 aromatic heterocycles. The summed E-state index contributed by atoms with van der Waals surface area (Å²) in [5, 5.41) is 0.349. The van der Waals surface area contributed by atoms with E-state index in [4.69, 9.17) is 26.8 Å². The molecule has 1 unspecified atom stereocenters. The topological polar surface area (TPSA) is 81.9 Å². The van der Waals surface area contributed by atoms with E-state index >= 15 is 0 Å². The Balaban J connectivity index is 1.86. The highest BCUT2D eigenvalue weighted by Gasteiger charge is 2.30. The van der Waals surface area contributed by atoms with Crippen LogP contribution >= 0.6 is 11.6 Å². The second-order valence-electron chi connectivity index (χ2n) is 5.51. The number of nitrogens with zero attached hydrogens (tertiary/aromatic N) is 1. The summed E-state index contributed by atoms with van der Waals surface area (Å²) in [6, 6.07) is 3.06. The first-order valence-electron chi connectivity index (χ1n) is 7.24. The van der Waals surface area contributed by atoms with Crippen LogP contribution in [0, 0.1) is 0 Å². The Kier molecular flexibility index (Phi) is 4.11. The summed E-state index contributed by atoms with van der Waals surface area (Å²) in [5.74, 6) is 0.379. The molecule has 1 atom stereocenters. The van der Waals surface area contributed by atoms with Crippen molar-refractivity contribution in [3.05, 3.63) is 22.7 Å². The molecule has 7 heteroatoms. The van der Waals surface area contributed by atoms with E-state index in [2.05, 4.69) is 0 Å². The van der Waals surface area contributed by atoms with Crippen LogP contribution in [0.15, 0.2) is 12.1 Å². The average molecular weight is 325 g/mol. The lowest BCUT2D eigenvalue weighted by Crippen LogP contribution is -2.45. The molecule has 3 rings (SSSR count). The number of carbonyl (C=O) groups is 2. The zero-order chi connectivity index (χ0) is 15.7. The Labute approximate surface area is 133 Å². The van der Waals surface area contributed by atoms with Crippen molar-refractivity contribution in [2.75, 3.05) is 13.3 Å². The predicted molar refractivity (Wildman–Crippen MR) is 80.1 cm³/mol. The van der Waals surface area contributed by atoms with E-state index in [1.165, 1.54) is 0 Å². The quantitative estimate of drug-likeness (QED) is 0.921. The monoisotopic (exact) mass is 324 g/mol. The van der Waals surface area contributed by atoms with Gasteiger partial charge in [0.25, 0.3) is 5.91 Å². The standard InChI is InChI=1S/C15H17ClN2O4/c16-11-5-9(6-12-14(11)22-8-21-12)15(20)18-4-2-1-3-10(18)7-13(17)19/h5-6,10H,1-4,7-8H2,(H2,17,19). The second-order valence-corrected chi connectivity index (χ2v) is 5.92. The molecule has 0 bridgehead atoms. The molecular formula is C15H17ClN2O4. The van der Waals surface area contributed by atoms with Gasteiger partial charge in [0.1, 0.15) is 0 Å². The van der Waals surface area contributed by atoms with Crippen molar-refractivity contribution >= 4 is 23.4 Å². The van der Waals surface area contributed by atoms with Gasteiger partial charge in [0.2, 0.25) is 12.7 Å². The van der Waals surface area contributed by atoms with Crippen molar-refractivity contribution in [1.82, 2.24) is 4.90 Å². The Hall–Kier alpha value is -1.95. The summed E-state index contributed by atoms with van der Waals surface area (Å²) in [5.41, 5.74) is 5.72. The molecule has 1 aromatic carbocycles. The zero-order valence-electron chi connectivity index (χ0n) is 12.0. The number of hydrogen-bond acceptors (Lipinski definition) is 4. The Morgan fingerprint density at radius 1 is 1.32 bits per heavy atom. The number of hydrogen-bond donors (Lipinski definition) is 1. The number of amides is 2.